The Kier molecular flexibility index (Phi) is 2.74. The normalized spacial score (nSPS) is 15.6. The number of likely N-dealkylation sites (tertiary alicyclic amines) is 1. The van der Waals surface area contributed by atoms with E-state index in [-0.39, 0.29) is 5.91 Å². The first-order chi connectivity index (χ1) is 8.72. The average Bonchev–Trinajstić information content (AvgIpc) is 2.75. The van der Waals surface area contributed by atoms with E-state index in [0.29, 0.717) is 13.0 Å². The Balaban J connectivity index is 1.89. The van der Waals surface area contributed by atoms with E-state index in [9.17, 15) is 4.79 Å². The zero-order valence-electron chi connectivity index (χ0n) is 10.5. The van der Waals surface area contributed by atoms with Gasteiger partial charge in [0.15, 0.2) is 0 Å². The van der Waals surface area contributed by atoms with Gasteiger partial charge in [-0.2, -0.15) is 0 Å². The second-order valence-corrected chi connectivity index (χ2v) is 4.92. The zero-order chi connectivity index (χ0) is 12.5. The topological polar surface area (TPSA) is 33.2 Å². The second kappa shape index (κ2) is 4.41. The van der Waals surface area contributed by atoms with Gasteiger partial charge < -0.3 is 4.90 Å². The van der Waals surface area contributed by atoms with Crippen LogP contribution >= 0.6 is 0 Å². The highest BCUT2D eigenvalue weighted by Gasteiger charge is 2.20. The molecule has 92 valence electrons. The summed E-state index contributed by atoms with van der Waals surface area (Å²) in [5.41, 5.74) is 3.22. The number of aromatic nitrogens is 1. The number of rotatable bonds is 2. The summed E-state index contributed by atoms with van der Waals surface area (Å²) in [7, 11) is 0. The maximum Gasteiger partial charge on any atom is 0.222 e. The number of fused-ring (bicyclic) bond motifs is 1. The molecule has 2 aromatic rings. The second-order valence-electron chi connectivity index (χ2n) is 4.92. The molecule has 0 unspecified atom stereocenters. The predicted molar refractivity (Wildman–Crippen MR) is 71.1 cm³/mol. The lowest BCUT2D eigenvalue weighted by molar-refractivity contribution is -0.128. The van der Waals surface area contributed by atoms with Gasteiger partial charge in [0, 0.05) is 18.4 Å². The first-order valence-electron chi connectivity index (χ1n) is 6.36. The quantitative estimate of drug-likeness (QED) is 0.808. The van der Waals surface area contributed by atoms with E-state index < -0.39 is 0 Å². The SMILES string of the molecule is Cc1ccc2nc(CN3CCCC3=O)ccc2c1. The van der Waals surface area contributed by atoms with Crippen molar-refractivity contribution >= 4 is 16.8 Å². The molecule has 1 fully saturated rings. The summed E-state index contributed by atoms with van der Waals surface area (Å²) >= 11 is 0. The molecule has 0 bridgehead atoms. The monoisotopic (exact) mass is 240 g/mol. The minimum absolute atomic E-state index is 0.251. The summed E-state index contributed by atoms with van der Waals surface area (Å²) in [5.74, 6) is 0.251. The summed E-state index contributed by atoms with van der Waals surface area (Å²) in [4.78, 5) is 18.1. The van der Waals surface area contributed by atoms with Gasteiger partial charge in [0.05, 0.1) is 17.8 Å². The maximum absolute atomic E-state index is 11.6. The molecule has 0 radical (unpaired) electrons. The fourth-order valence-corrected chi connectivity index (χ4v) is 2.44. The molecule has 1 amide bonds. The summed E-state index contributed by atoms with van der Waals surface area (Å²) in [5, 5.41) is 1.16. The van der Waals surface area contributed by atoms with Gasteiger partial charge in [-0.15, -0.1) is 0 Å². The lowest BCUT2D eigenvalue weighted by Gasteiger charge is -2.15. The van der Waals surface area contributed by atoms with Crippen molar-refractivity contribution < 1.29 is 4.79 Å². The molecule has 0 atom stereocenters. The van der Waals surface area contributed by atoms with Crippen molar-refractivity contribution in [2.45, 2.75) is 26.3 Å². The maximum atomic E-state index is 11.6. The number of hydrogen-bond donors (Lipinski definition) is 0. The fraction of sp³-hybridized carbons (Fsp3) is 0.333. The molecule has 3 rings (SSSR count). The molecule has 1 aromatic heterocycles. The van der Waals surface area contributed by atoms with E-state index in [0.717, 1.165) is 29.6 Å². The highest BCUT2D eigenvalue weighted by atomic mass is 16.2. The van der Waals surface area contributed by atoms with Crippen molar-refractivity contribution in [1.29, 1.82) is 0 Å². The molecule has 0 saturated carbocycles. The van der Waals surface area contributed by atoms with Crippen LogP contribution in [0.25, 0.3) is 10.9 Å². The Labute approximate surface area is 106 Å². The summed E-state index contributed by atoms with van der Waals surface area (Å²) in [6.45, 7) is 3.59. The van der Waals surface area contributed by atoms with E-state index in [4.69, 9.17) is 0 Å². The number of carbonyl (C=O) groups excluding carboxylic acids is 1. The molecule has 0 spiro atoms. The highest BCUT2D eigenvalue weighted by Crippen LogP contribution is 2.17. The van der Waals surface area contributed by atoms with Crippen LogP contribution in [0.5, 0.6) is 0 Å². The van der Waals surface area contributed by atoms with Crippen LogP contribution in [-0.4, -0.2) is 22.3 Å². The Morgan fingerprint density at radius 1 is 1.28 bits per heavy atom. The van der Waals surface area contributed by atoms with Crippen molar-refractivity contribution in [2.75, 3.05) is 6.54 Å². The van der Waals surface area contributed by atoms with Crippen LogP contribution in [0.15, 0.2) is 30.3 Å². The van der Waals surface area contributed by atoms with Crippen LogP contribution in [0.3, 0.4) is 0 Å². The molecular weight excluding hydrogens is 224 g/mol. The minimum atomic E-state index is 0.251. The van der Waals surface area contributed by atoms with Crippen LogP contribution in [0.1, 0.15) is 24.1 Å². The Hall–Kier alpha value is -1.90. The van der Waals surface area contributed by atoms with Crippen molar-refractivity contribution in [3.8, 4) is 0 Å². The molecular formula is C15H16N2O. The van der Waals surface area contributed by atoms with Crippen molar-refractivity contribution in [1.82, 2.24) is 9.88 Å². The molecule has 1 aromatic carbocycles. The fourth-order valence-electron chi connectivity index (χ4n) is 2.44. The standard InChI is InChI=1S/C15H16N2O/c1-11-4-7-14-12(9-11)5-6-13(16-14)10-17-8-2-3-15(17)18/h4-7,9H,2-3,8,10H2,1H3. The number of amides is 1. The number of aryl methyl sites for hydroxylation is 1. The molecule has 3 heteroatoms. The Morgan fingerprint density at radius 2 is 2.17 bits per heavy atom. The van der Waals surface area contributed by atoms with Crippen LogP contribution in [0.2, 0.25) is 0 Å². The Bertz CT molecular complexity index is 606. The van der Waals surface area contributed by atoms with Gasteiger partial charge in [-0.3, -0.25) is 9.78 Å². The van der Waals surface area contributed by atoms with Gasteiger partial charge >= 0.3 is 0 Å². The lowest BCUT2D eigenvalue weighted by Crippen LogP contribution is -2.24. The third-order valence-electron chi connectivity index (χ3n) is 3.43. The van der Waals surface area contributed by atoms with E-state index >= 15 is 0 Å². The molecule has 1 aliphatic rings. The molecule has 2 heterocycles. The number of nitrogens with zero attached hydrogens (tertiary/aromatic N) is 2. The predicted octanol–water partition coefficient (Wildman–Crippen LogP) is 2.67. The van der Waals surface area contributed by atoms with Gasteiger partial charge in [0.1, 0.15) is 0 Å². The molecule has 18 heavy (non-hydrogen) atoms. The van der Waals surface area contributed by atoms with Gasteiger partial charge in [0.2, 0.25) is 5.91 Å². The van der Waals surface area contributed by atoms with E-state index in [1.54, 1.807) is 0 Å². The van der Waals surface area contributed by atoms with Crippen molar-refractivity contribution in [3.05, 3.63) is 41.6 Å². The van der Waals surface area contributed by atoms with Gasteiger partial charge in [-0.1, -0.05) is 17.7 Å². The number of pyridine rings is 1. The average molecular weight is 240 g/mol. The molecule has 1 aliphatic heterocycles. The number of hydrogen-bond acceptors (Lipinski definition) is 2. The van der Waals surface area contributed by atoms with E-state index in [2.05, 4.69) is 30.1 Å². The number of benzene rings is 1. The summed E-state index contributed by atoms with van der Waals surface area (Å²) in [6, 6.07) is 10.4. The van der Waals surface area contributed by atoms with Gasteiger partial charge in [-0.25, -0.2) is 0 Å². The first-order valence-corrected chi connectivity index (χ1v) is 6.36. The summed E-state index contributed by atoms with van der Waals surface area (Å²) < 4.78 is 0. The van der Waals surface area contributed by atoms with Crippen molar-refractivity contribution in [2.24, 2.45) is 0 Å². The molecule has 0 N–H and O–H groups in total. The van der Waals surface area contributed by atoms with E-state index in [1.165, 1.54) is 5.56 Å². The van der Waals surface area contributed by atoms with Crippen molar-refractivity contribution in [3.63, 3.8) is 0 Å². The molecule has 0 aliphatic carbocycles. The van der Waals surface area contributed by atoms with Crippen LogP contribution in [0.4, 0.5) is 0 Å². The minimum Gasteiger partial charge on any atom is -0.337 e. The third kappa shape index (κ3) is 2.08. The van der Waals surface area contributed by atoms with Crippen LogP contribution in [-0.2, 0) is 11.3 Å². The van der Waals surface area contributed by atoms with Gasteiger partial charge in [0.25, 0.3) is 0 Å². The smallest absolute Gasteiger partial charge is 0.222 e. The zero-order valence-corrected chi connectivity index (χ0v) is 10.5. The van der Waals surface area contributed by atoms with Crippen LogP contribution in [0, 0.1) is 6.92 Å². The van der Waals surface area contributed by atoms with E-state index in [1.807, 2.05) is 17.0 Å². The number of carbonyl (C=O) groups is 1. The van der Waals surface area contributed by atoms with Crippen LogP contribution < -0.4 is 0 Å². The highest BCUT2D eigenvalue weighted by molar-refractivity contribution is 5.80. The first kappa shape index (κ1) is 11.2. The lowest BCUT2D eigenvalue weighted by atomic mass is 10.1. The molecule has 1 saturated heterocycles. The third-order valence-corrected chi connectivity index (χ3v) is 3.43. The largest absolute Gasteiger partial charge is 0.337 e. The molecule has 3 nitrogen and oxygen atoms in total. The van der Waals surface area contributed by atoms with Gasteiger partial charge in [-0.05, 0) is 31.5 Å². The summed E-state index contributed by atoms with van der Waals surface area (Å²) in [6.07, 6.45) is 1.67. The Morgan fingerprint density at radius 3 is 2.94 bits per heavy atom.